The van der Waals surface area contributed by atoms with Crippen LogP contribution in [-0.2, 0) is 4.79 Å². The predicted octanol–water partition coefficient (Wildman–Crippen LogP) is 1.56. The first-order valence-electron chi connectivity index (χ1n) is 5.74. The Kier molecular flexibility index (Phi) is 6.75. The summed E-state index contributed by atoms with van der Waals surface area (Å²) in [5, 5.41) is 11.1. The Hall–Kier alpha value is -1.08. The average molecular weight is 225 g/mol. The fourth-order valence-electron chi connectivity index (χ4n) is 1.56. The number of amides is 1. The topological polar surface area (TPSA) is 78.9 Å². The molecule has 0 saturated carbocycles. The summed E-state index contributed by atoms with van der Waals surface area (Å²) in [5.74, 6) is -0.0188. The number of unbranched alkanes of at least 4 members (excludes halogenated alkanes) is 1. The first kappa shape index (κ1) is 14.9. The standard InChI is InChI=1S/C12H23N3O/c1-12(2,3)9-10(14)8-11(16)15-7-5-4-6-13/h10H,4-5,7-9,14H2,1-3H3,(H,15,16). The minimum atomic E-state index is -0.0871. The van der Waals surface area contributed by atoms with Crippen LogP contribution in [0.4, 0.5) is 0 Å². The van der Waals surface area contributed by atoms with E-state index in [9.17, 15) is 4.79 Å². The van der Waals surface area contributed by atoms with Crippen molar-refractivity contribution in [1.82, 2.24) is 5.32 Å². The van der Waals surface area contributed by atoms with Crippen molar-refractivity contribution < 1.29 is 4.79 Å². The van der Waals surface area contributed by atoms with Gasteiger partial charge in [-0.2, -0.15) is 5.26 Å². The van der Waals surface area contributed by atoms with Gasteiger partial charge in [0.25, 0.3) is 0 Å². The van der Waals surface area contributed by atoms with Crippen molar-refractivity contribution in [3.8, 4) is 6.07 Å². The molecule has 0 aliphatic carbocycles. The Morgan fingerprint density at radius 3 is 2.62 bits per heavy atom. The van der Waals surface area contributed by atoms with Crippen molar-refractivity contribution in [2.45, 2.75) is 52.5 Å². The highest BCUT2D eigenvalue weighted by Gasteiger charge is 2.17. The summed E-state index contributed by atoms with van der Waals surface area (Å²) in [5.41, 5.74) is 6.03. The van der Waals surface area contributed by atoms with Gasteiger partial charge in [-0.05, 0) is 18.3 Å². The molecule has 0 fully saturated rings. The van der Waals surface area contributed by atoms with E-state index in [0.29, 0.717) is 25.8 Å². The van der Waals surface area contributed by atoms with E-state index in [1.807, 2.05) is 6.07 Å². The second-order valence-corrected chi connectivity index (χ2v) is 5.34. The average Bonchev–Trinajstić information content (AvgIpc) is 2.09. The van der Waals surface area contributed by atoms with Crippen molar-refractivity contribution in [1.29, 1.82) is 5.26 Å². The second-order valence-electron chi connectivity index (χ2n) is 5.34. The number of nitrogens with one attached hydrogen (secondary N) is 1. The molecule has 0 aromatic carbocycles. The molecular formula is C12H23N3O. The van der Waals surface area contributed by atoms with Crippen molar-refractivity contribution in [3.05, 3.63) is 0 Å². The van der Waals surface area contributed by atoms with Crippen LogP contribution >= 0.6 is 0 Å². The molecule has 0 aliphatic heterocycles. The SMILES string of the molecule is CC(C)(C)CC(N)CC(=O)NCCCC#N. The summed E-state index contributed by atoms with van der Waals surface area (Å²) in [6.45, 7) is 6.89. The summed E-state index contributed by atoms with van der Waals surface area (Å²) >= 11 is 0. The number of nitrogens with two attached hydrogens (primary N) is 1. The normalized spacial score (nSPS) is 12.9. The van der Waals surface area contributed by atoms with Gasteiger partial charge in [0.05, 0.1) is 6.07 Å². The smallest absolute Gasteiger partial charge is 0.221 e. The molecule has 0 radical (unpaired) electrons. The number of hydrogen-bond acceptors (Lipinski definition) is 3. The summed E-state index contributed by atoms with van der Waals surface area (Å²) in [6, 6.07) is 1.95. The summed E-state index contributed by atoms with van der Waals surface area (Å²) in [6.07, 6.45) is 2.38. The van der Waals surface area contributed by atoms with Crippen LogP contribution in [0.1, 0.15) is 46.5 Å². The molecule has 0 heterocycles. The number of carbonyl (C=O) groups excluding carboxylic acids is 1. The number of nitrogens with zero attached hydrogens (tertiary/aromatic N) is 1. The highest BCUT2D eigenvalue weighted by Crippen LogP contribution is 2.20. The largest absolute Gasteiger partial charge is 0.356 e. The molecule has 4 heteroatoms. The lowest BCUT2D eigenvalue weighted by Crippen LogP contribution is -2.34. The fraction of sp³-hybridized carbons (Fsp3) is 0.833. The highest BCUT2D eigenvalue weighted by molar-refractivity contribution is 5.76. The zero-order valence-corrected chi connectivity index (χ0v) is 10.5. The molecule has 4 nitrogen and oxygen atoms in total. The van der Waals surface area contributed by atoms with E-state index in [-0.39, 0.29) is 17.4 Å². The first-order chi connectivity index (χ1) is 7.35. The van der Waals surface area contributed by atoms with E-state index in [1.165, 1.54) is 0 Å². The Labute approximate surface area is 98.2 Å². The molecule has 0 rings (SSSR count). The van der Waals surface area contributed by atoms with Gasteiger partial charge in [-0.25, -0.2) is 0 Å². The lowest BCUT2D eigenvalue weighted by Gasteiger charge is -2.22. The molecule has 1 unspecified atom stereocenters. The van der Waals surface area contributed by atoms with Crippen LogP contribution in [0.15, 0.2) is 0 Å². The lowest BCUT2D eigenvalue weighted by molar-refractivity contribution is -0.121. The molecule has 0 bridgehead atoms. The molecule has 1 amide bonds. The maximum absolute atomic E-state index is 11.4. The van der Waals surface area contributed by atoms with Crippen LogP contribution in [0.25, 0.3) is 0 Å². The zero-order chi connectivity index (χ0) is 12.6. The lowest BCUT2D eigenvalue weighted by atomic mass is 9.87. The van der Waals surface area contributed by atoms with Gasteiger partial charge in [0.15, 0.2) is 0 Å². The van der Waals surface area contributed by atoms with E-state index in [1.54, 1.807) is 0 Å². The van der Waals surface area contributed by atoms with E-state index in [4.69, 9.17) is 11.0 Å². The fourth-order valence-corrected chi connectivity index (χ4v) is 1.56. The summed E-state index contributed by atoms with van der Waals surface area (Å²) in [4.78, 5) is 11.4. The Morgan fingerprint density at radius 2 is 2.12 bits per heavy atom. The molecule has 0 aromatic heterocycles. The van der Waals surface area contributed by atoms with Gasteiger partial charge in [0.1, 0.15) is 0 Å². The first-order valence-corrected chi connectivity index (χ1v) is 5.74. The quantitative estimate of drug-likeness (QED) is 0.673. The van der Waals surface area contributed by atoms with Crippen LogP contribution in [0, 0.1) is 16.7 Å². The molecule has 0 saturated heterocycles. The minimum absolute atomic E-state index is 0.0188. The Bertz CT molecular complexity index is 250. The molecule has 0 spiro atoms. The molecule has 0 aliphatic rings. The zero-order valence-electron chi connectivity index (χ0n) is 10.5. The number of hydrogen-bond donors (Lipinski definition) is 2. The van der Waals surface area contributed by atoms with E-state index < -0.39 is 0 Å². The van der Waals surface area contributed by atoms with Gasteiger partial charge in [-0.3, -0.25) is 4.79 Å². The van der Waals surface area contributed by atoms with Gasteiger partial charge >= 0.3 is 0 Å². The maximum atomic E-state index is 11.4. The van der Waals surface area contributed by atoms with Gasteiger partial charge in [0.2, 0.25) is 5.91 Å². The molecule has 1 atom stereocenters. The van der Waals surface area contributed by atoms with Gasteiger partial charge in [0, 0.05) is 25.4 Å². The van der Waals surface area contributed by atoms with Gasteiger partial charge < -0.3 is 11.1 Å². The predicted molar refractivity (Wildman–Crippen MR) is 64.5 cm³/mol. The molecule has 0 aromatic rings. The van der Waals surface area contributed by atoms with Crippen molar-refractivity contribution in [2.24, 2.45) is 11.1 Å². The molecular weight excluding hydrogens is 202 g/mol. The van der Waals surface area contributed by atoms with Crippen molar-refractivity contribution >= 4 is 5.91 Å². The number of nitriles is 1. The molecule has 3 N–H and O–H groups in total. The van der Waals surface area contributed by atoms with Gasteiger partial charge in [-0.1, -0.05) is 20.8 Å². The van der Waals surface area contributed by atoms with Crippen molar-refractivity contribution in [3.63, 3.8) is 0 Å². The van der Waals surface area contributed by atoms with Gasteiger partial charge in [-0.15, -0.1) is 0 Å². The maximum Gasteiger partial charge on any atom is 0.221 e. The monoisotopic (exact) mass is 225 g/mol. The van der Waals surface area contributed by atoms with Crippen LogP contribution in [0.3, 0.4) is 0 Å². The van der Waals surface area contributed by atoms with E-state index in [0.717, 1.165) is 6.42 Å². The minimum Gasteiger partial charge on any atom is -0.356 e. The number of rotatable bonds is 6. The third-order valence-electron chi connectivity index (χ3n) is 2.11. The number of carbonyl (C=O) groups is 1. The Balaban J connectivity index is 3.67. The summed E-state index contributed by atoms with van der Waals surface area (Å²) in [7, 11) is 0. The third kappa shape index (κ3) is 9.47. The van der Waals surface area contributed by atoms with Crippen LogP contribution in [0.2, 0.25) is 0 Å². The van der Waals surface area contributed by atoms with Crippen LogP contribution < -0.4 is 11.1 Å². The van der Waals surface area contributed by atoms with Crippen LogP contribution in [0.5, 0.6) is 0 Å². The Morgan fingerprint density at radius 1 is 1.50 bits per heavy atom. The molecule has 16 heavy (non-hydrogen) atoms. The highest BCUT2D eigenvalue weighted by atomic mass is 16.1. The third-order valence-corrected chi connectivity index (χ3v) is 2.11. The van der Waals surface area contributed by atoms with Crippen LogP contribution in [-0.4, -0.2) is 18.5 Å². The molecule has 92 valence electrons. The van der Waals surface area contributed by atoms with E-state index >= 15 is 0 Å². The summed E-state index contributed by atoms with van der Waals surface area (Å²) < 4.78 is 0. The van der Waals surface area contributed by atoms with Crippen molar-refractivity contribution in [2.75, 3.05) is 6.54 Å². The van der Waals surface area contributed by atoms with E-state index in [2.05, 4.69) is 26.1 Å². The second kappa shape index (κ2) is 7.24.